The van der Waals surface area contributed by atoms with Crippen molar-refractivity contribution in [2.24, 2.45) is 5.92 Å². The smallest absolute Gasteiger partial charge is 0.220 e. The Kier molecular flexibility index (Phi) is 2.51. The van der Waals surface area contributed by atoms with Gasteiger partial charge in [-0.05, 0) is 5.92 Å². The van der Waals surface area contributed by atoms with E-state index in [4.69, 9.17) is 9.47 Å². The number of nitrogens with one attached hydrogen (secondary N) is 1. The van der Waals surface area contributed by atoms with Crippen LogP contribution in [0.5, 0.6) is 0 Å². The van der Waals surface area contributed by atoms with E-state index in [2.05, 4.69) is 12.2 Å². The second-order valence-corrected chi connectivity index (χ2v) is 3.76. The average Bonchev–Trinajstić information content (AvgIpc) is 2.63. The lowest BCUT2D eigenvalue weighted by molar-refractivity contribution is -0.119. The molecule has 2 rings (SSSR count). The van der Waals surface area contributed by atoms with E-state index < -0.39 is 0 Å². The Morgan fingerprint density at radius 3 is 2.69 bits per heavy atom. The van der Waals surface area contributed by atoms with Crippen molar-refractivity contribution in [2.45, 2.75) is 32.1 Å². The largest absolute Gasteiger partial charge is 0.353 e. The van der Waals surface area contributed by atoms with Gasteiger partial charge in [-0.3, -0.25) is 4.79 Å². The predicted molar refractivity (Wildman–Crippen MR) is 46.0 cm³/mol. The first-order valence-corrected chi connectivity index (χ1v) is 4.78. The lowest BCUT2D eigenvalue weighted by atomic mass is 10.0. The van der Waals surface area contributed by atoms with Crippen molar-refractivity contribution in [3.8, 4) is 0 Å². The Morgan fingerprint density at radius 1 is 1.46 bits per heavy atom. The maximum atomic E-state index is 11.0. The fourth-order valence-corrected chi connectivity index (χ4v) is 1.88. The highest BCUT2D eigenvalue weighted by Gasteiger charge is 2.32. The van der Waals surface area contributed by atoms with Crippen molar-refractivity contribution in [2.75, 3.05) is 13.2 Å². The molecule has 2 aliphatic rings. The SMILES string of the molecule is C[C@@H]1CC(=O)N[C@H]1CC1OCCO1. The van der Waals surface area contributed by atoms with Crippen LogP contribution in [-0.2, 0) is 14.3 Å². The summed E-state index contributed by atoms with van der Waals surface area (Å²) in [5, 5.41) is 2.93. The van der Waals surface area contributed by atoms with Crippen LogP contribution in [0.2, 0.25) is 0 Å². The topological polar surface area (TPSA) is 47.6 Å². The fraction of sp³-hybridized carbons (Fsp3) is 0.889. The molecule has 0 unspecified atom stereocenters. The molecule has 0 aromatic rings. The van der Waals surface area contributed by atoms with Crippen molar-refractivity contribution < 1.29 is 14.3 Å². The number of hydrogen-bond donors (Lipinski definition) is 1. The number of carbonyl (C=O) groups is 1. The maximum absolute atomic E-state index is 11.0. The van der Waals surface area contributed by atoms with Crippen LogP contribution in [0.3, 0.4) is 0 Å². The normalized spacial score (nSPS) is 35.3. The van der Waals surface area contributed by atoms with Crippen molar-refractivity contribution in [1.29, 1.82) is 0 Å². The van der Waals surface area contributed by atoms with E-state index in [-0.39, 0.29) is 18.2 Å². The fourth-order valence-electron chi connectivity index (χ4n) is 1.88. The van der Waals surface area contributed by atoms with Crippen LogP contribution in [0.15, 0.2) is 0 Å². The molecule has 0 aromatic heterocycles. The molecule has 2 heterocycles. The zero-order valence-electron chi connectivity index (χ0n) is 7.79. The van der Waals surface area contributed by atoms with Crippen LogP contribution in [-0.4, -0.2) is 31.5 Å². The number of rotatable bonds is 2. The van der Waals surface area contributed by atoms with Gasteiger partial charge in [-0.15, -0.1) is 0 Å². The number of hydrogen-bond acceptors (Lipinski definition) is 3. The minimum atomic E-state index is -0.106. The van der Waals surface area contributed by atoms with E-state index in [1.54, 1.807) is 0 Å². The Balaban J connectivity index is 1.83. The molecule has 0 aliphatic carbocycles. The summed E-state index contributed by atoms with van der Waals surface area (Å²) in [5.74, 6) is 0.552. The quantitative estimate of drug-likeness (QED) is 0.672. The summed E-state index contributed by atoms with van der Waals surface area (Å²) >= 11 is 0. The van der Waals surface area contributed by atoms with Gasteiger partial charge < -0.3 is 14.8 Å². The number of amides is 1. The van der Waals surface area contributed by atoms with E-state index in [0.29, 0.717) is 25.6 Å². The highest BCUT2D eigenvalue weighted by molar-refractivity contribution is 5.78. The lowest BCUT2D eigenvalue weighted by Gasteiger charge is -2.18. The Morgan fingerprint density at radius 2 is 2.15 bits per heavy atom. The van der Waals surface area contributed by atoms with Crippen LogP contribution in [0.25, 0.3) is 0 Å². The van der Waals surface area contributed by atoms with Crippen LogP contribution in [0.1, 0.15) is 19.8 Å². The molecule has 2 atom stereocenters. The molecule has 0 saturated carbocycles. The summed E-state index contributed by atoms with van der Waals surface area (Å²) in [6.07, 6.45) is 1.32. The van der Waals surface area contributed by atoms with Gasteiger partial charge in [0.2, 0.25) is 5.91 Å². The van der Waals surface area contributed by atoms with Crippen LogP contribution in [0, 0.1) is 5.92 Å². The van der Waals surface area contributed by atoms with Gasteiger partial charge in [-0.2, -0.15) is 0 Å². The third-order valence-corrected chi connectivity index (χ3v) is 2.68. The van der Waals surface area contributed by atoms with Crippen molar-refractivity contribution >= 4 is 5.91 Å². The third-order valence-electron chi connectivity index (χ3n) is 2.68. The van der Waals surface area contributed by atoms with Crippen molar-refractivity contribution in [1.82, 2.24) is 5.32 Å². The van der Waals surface area contributed by atoms with Gasteiger partial charge in [0, 0.05) is 18.9 Å². The first-order valence-electron chi connectivity index (χ1n) is 4.78. The molecule has 0 radical (unpaired) electrons. The van der Waals surface area contributed by atoms with E-state index in [1.807, 2.05) is 0 Å². The van der Waals surface area contributed by atoms with Gasteiger partial charge in [0.15, 0.2) is 6.29 Å². The monoisotopic (exact) mass is 185 g/mol. The minimum Gasteiger partial charge on any atom is -0.353 e. The molecule has 2 aliphatic heterocycles. The summed E-state index contributed by atoms with van der Waals surface area (Å²) in [6.45, 7) is 3.44. The van der Waals surface area contributed by atoms with E-state index in [0.717, 1.165) is 6.42 Å². The second-order valence-electron chi connectivity index (χ2n) is 3.76. The third kappa shape index (κ3) is 2.00. The van der Waals surface area contributed by atoms with Crippen LogP contribution >= 0.6 is 0 Å². The van der Waals surface area contributed by atoms with Gasteiger partial charge in [0.1, 0.15) is 0 Å². The Hall–Kier alpha value is -0.610. The molecular weight excluding hydrogens is 170 g/mol. The summed E-state index contributed by atoms with van der Waals surface area (Å²) in [5.41, 5.74) is 0. The first-order chi connectivity index (χ1) is 6.25. The van der Waals surface area contributed by atoms with E-state index in [9.17, 15) is 4.79 Å². The standard InChI is InChI=1S/C9H15NO3/c1-6-4-8(11)10-7(6)5-9-12-2-3-13-9/h6-7,9H,2-5H2,1H3,(H,10,11)/t6-,7+/m1/s1. The number of ether oxygens (including phenoxy) is 2. The average molecular weight is 185 g/mol. The van der Waals surface area contributed by atoms with Gasteiger partial charge in [0.05, 0.1) is 13.2 Å². The molecule has 13 heavy (non-hydrogen) atoms. The van der Waals surface area contributed by atoms with E-state index >= 15 is 0 Å². The molecule has 2 fully saturated rings. The molecule has 1 amide bonds. The van der Waals surface area contributed by atoms with Gasteiger partial charge >= 0.3 is 0 Å². The first kappa shape index (κ1) is 8.97. The highest BCUT2D eigenvalue weighted by Crippen LogP contribution is 2.22. The summed E-state index contributed by atoms with van der Waals surface area (Å²) in [6, 6.07) is 0.232. The van der Waals surface area contributed by atoms with Crippen LogP contribution < -0.4 is 5.32 Å². The van der Waals surface area contributed by atoms with Crippen molar-refractivity contribution in [3.63, 3.8) is 0 Å². The molecular formula is C9H15NO3. The Labute approximate surface area is 77.6 Å². The molecule has 74 valence electrons. The maximum Gasteiger partial charge on any atom is 0.220 e. The molecule has 0 aromatic carbocycles. The van der Waals surface area contributed by atoms with Crippen LogP contribution in [0.4, 0.5) is 0 Å². The highest BCUT2D eigenvalue weighted by atomic mass is 16.7. The summed E-state index contributed by atoms with van der Waals surface area (Å²) in [4.78, 5) is 11.0. The zero-order chi connectivity index (χ0) is 9.26. The zero-order valence-corrected chi connectivity index (χ0v) is 7.79. The van der Waals surface area contributed by atoms with E-state index in [1.165, 1.54) is 0 Å². The molecule has 2 saturated heterocycles. The van der Waals surface area contributed by atoms with Gasteiger partial charge in [-0.1, -0.05) is 6.92 Å². The van der Waals surface area contributed by atoms with Crippen molar-refractivity contribution in [3.05, 3.63) is 0 Å². The molecule has 0 spiro atoms. The minimum absolute atomic E-state index is 0.106. The summed E-state index contributed by atoms with van der Waals surface area (Å²) < 4.78 is 10.6. The molecule has 1 N–H and O–H groups in total. The lowest BCUT2D eigenvalue weighted by Crippen LogP contribution is -2.32. The molecule has 4 heteroatoms. The summed E-state index contributed by atoms with van der Waals surface area (Å²) in [7, 11) is 0. The molecule has 4 nitrogen and oxygen atoms in total. The van der Waals surface area contributed by atoms with Gasteiger partial charge in [0.25, 0.3) is 0 Å². The molecule has 0 bridgehead atoms. The Bertz CT molecular complexity index is 201. The van der Waals surface area contributed by atoms with Gasteiger partial charge in [-0.25, -0.2) is 0 Å². The predicted octanol–water partition coefficient (Wildman–Crippen LogP) is 0.274. The number of carbonyl (C=O) groups excluding carboxylic acids is 1. The second kappa shape index (κ2) is 3.64.